The van der Waals surface area contributed by atoms with Crippen molar-refractivity contribution < 1.29 is 0 Å². The first-order chi connectivity index (χ1) is 9.24. The molecule has 0 aromatic heterocycles. The molecule has 0 aliphatic heterocycles. The van der Waals surface area contributed by atoms with Gasteiger partial charge in [0.1, 0.15) is 0 Å². The lowest BCUT2D eigenvalue weighted by molar-refractivity contribution is 1.46. The lowest BCUT2D eigenvalue weighted by atomic mass is 9.81. The predicted molar refractivity (Wildman–Crippen MR) is 81.9 cm³/mol. The van der Waals surface area contributed by atoms with E-state index in [0.717, 1.165) is 11.1 Å². The van der Waals surface area contributed by atoms with Gasteiger partial charge in [0.2, 0.25) is 0 Å². The Hall–Kier alpha value is -2.38. The van der Waals surface area contributed by atoms with Gasteiger partial charge in [0.05, 0.1) is 0 Å². The SMILES string of the molecule is Cc1ccc(C#C[B]C#Cc2ccc(C)cc2)cc1. The summed E-state index contributed by atoms with van der Waals surface area (Å²) in [7, 11) is 1.69. The van der Waals surface area contributed by atoms with E-state index in [4.69, 9.17) is 0 Å². The van der Waals surface area contributed by atoms with Crippen molar-refractivity contribution in [1.82, 2.24) is 0 Å². The molecule has 1 heteroatoms. The Morgan fingerprint density at radius 2 is 1.00 bits per heavy atom. The third-order valence-electron chi connectivity index (χ3n) is 2.68. The molecule has 19 heavy (non-hydrogen) atoms. The van der Waals surface area contributed by atoms with Gasteiger partial charge < -0.3 is 0 Å². The van der Waals surface area contributed by atoms with Gasteiger partial charge in [0.15, 0.2) is 0 Å². The van der Waals surface area contributed by atoms with Crippen LogP contribution in [0.15, 0.2) is 48.5 Å². The van der Waals surface area contributed by atoms with Gasteiger partial charge in [-0.3, -0.25) is 0 Å². The van der Waals surface area contributed by atoms with Gasteiger partial charge in [-0.15, -0.1) is 11.6 Å². The molecular formula is C18H14B. The summed E-state index contributed by atoms with van der Waals surface area (Å²) in [5.74, 6) is 12.0. The number of aryl methyl sites for hydroxylation is 2. The van der Waals surface area contributed by atoms with E-state index in [9.17, 15) is 0 Å². The molecule has 0 N–H and O–H groups in total. The minimum absolute atomic E-state index is 1.01. The molecule has 0 spiro atoms. The normalized spacial score (nSPS) is 8.74. The molecule has 0 heterocycles. The fourth-order valence-corrected chi connectivity index (χ4v) is 1.55. The van der Waals surface area contributed by atoms with Crippen molar-refractivity contribution >= 4 is 7.28 Å². The Labute approximate surface area is 116 Å². The second-order valence-corrected chi connectivity index (χ2v) is 4.42. The molecule has 0 nitrogen and oxygen atoms in total. The third-order valence-corrected chi connectivity index (χ3v) is 2.68. The van der Waals surface area contributed by atoms with Crippen LogP contribution < -0.4 is 0 Å². The van der Waals surface area contributed by atoms with Crippen molar-refractivity contribution in [3.63, 3.8) is 0 Å². The predicted octanol–water partition coefficient (Wildman–Crippen LogP) is 3.33. The highest BCUT2D eigenvalue weighted by molar-refractivity contribution is 6.55. The molecule has 2 rings (SSSR count). The highest BCUT2D eigenvalue weighted by Crippen LogP contribution is 2.01. The maximum atomic E-state index is 3.06. The zero-order chi connectivity index (χ0) is 13.5. The quantitative estimate of drug-likeness (QED) is 0.490. The van der Waals surface area contributed by atoms with E-state index in [1.54, 1.807) is 7.28 Å². The fourth-order valence-electron chi connectivity index (χ4n) is 1.55. The van der Waals surface area contributed by atoms with Gasteiger partial charge in [-0.05, 0) is 38.1 Å². The molecule has 0 aliphatic rings. The van der Waals surface area contributed by atoms with Gasteiger partial charge in [-0.2, -0.15) is 0 Å². The summed E-state index contributed by atoms with van der Waals surface area (Å²) in [5.41, 5.74) is 4.51. The average molecular weight is 241 g/mol. The molecule has 0 amide bonds. The number of benzene rings is 2. The van der Waals surface area contributed by atoms with E-state index in [1.165, 1.54) is 11.1 Å². The summed E-state index contributed by atoms with van der Waals surface area (Å²) in [6, 6.07) is 16.3. The molecule has 0 saturated heterocycles. The third kappa shape index (κ3) is 4.42. The maximum absolute atomic E-state index is 3.06. The van der Waals surface area contributed by atoms with Crippen LogP contribution in [0.2, 0.25) is 0 Å². The number of hydrogen-bond acceptors (Lipinski definition) is 0. The Kier molecular flexibility index (Phi) is 4.49. The summed E-state index contributed by atoms with van der Waals surface area (Å²) in [5, 5.41) is 0. The molecule has 0 bridgehead atoms. The van der Waals surface area contributed by atoms with Gasteiger partial charge in [0, 0.05) is 11.1 Å². The second kappa shape index (κ2) is 6.53. The Bertz CT molecular complexity index is 595. The first kappa shape index (κ1) is 13.1. The van der Waals surface area contributed by atoms with Crippen LogP contribution in [0.1, 0.15) is 22.3 Å². The molecular weight excluding hydrogens is 227 g/mol. The van der Waals surface area contributed by atoms with Crippen LogP contribution in [0.3, 0.4) is 0 Å². The van der Waals surface area contributed by atoms with Crippen molar-refractivity contribution in [3.05, 3.63) is 70.8 Å². The molecule has 0 saturated carbocycles. The maximum Gasteiger partial charge on any atom is 0.315 e. The highest BCUT2D eigenvalue weighted by atomic mass is 13.9. The largest absolute Gasteiger partial charge is 0.315 e. The Morgan fingerprint density at radius 1 is 0.632 bits per heavy atom. The highest BCUT2D eigenvalue weighted by Gasteiger charge is 1.86. The molecule has 1 radical (unpaired) electrons. The molecule has 89 valence electrons. The van der Waals surface area contributed by atoms with Gasteiger partial charge in [-0.25, -0.2) is 0 Å². The van der Waals surface area contributed by atoms with Crippen molar-refractivity contribution in [2.24, 2.45) is 0 Å². The van der Waals surface area contributed by atoms with Crippen molar-refractivity contribution in [2.75, 3.05) is 0 Å². The van der Waals surface area contributed by atoms with E-state index < -0.39 is 0 Å². The average Bonchev–Trinajstić information content (AvgIpc) is 2.43. The van der Waals surface area contributed by atoms with Crippen LogP contribution in [0, 0.1) is 37.3 Å². The van der Waals surface area contributed by atoms with Crippen LogP contribution in [0.4, 0.5) is 0 Å². The van der Waals surface area contributed by atoms with Crippen LogP contribution in [0.25, 0.3) is 0 Å². The van der Waals surface area contributed by atoms with E-state index in [2.05, 4.69) is 61.6 Å². The van der Waals surface area contributed by atoms with Crippen LogP contribution in [-0.2, 0) is 0 Å². The van der Waals surface area contributed by atoms with Gasteiger partial charge in [-0.1, -0.05) is 47.2 Å². The summed E-state index contributed by atoms with van der Waals surface area (Å²) >= 11 is 0. The monoisotopic (exact) mass is 241 g/mol. The summed E-state index contributed by atoms with van der Waals surface area (Å²) in [6.07, 6.45) is 0. The Balaban J connectivity index is 1.94. The summed E-state index contributed by atoms with van der Waals surface area (Å²) in [6.45, 7) is 4.13. The van der Waals surface area contributed by atoms with E-state index in [1.807, 2.05) is 24.3 Å². The summed E-state index contributed by atoms with van der Waals surface area (Å²) < 4.78 is 0. The fraction of sp³-hybridized carbons (Fsp3) is 0.111. The molecule has 0 atom stereocenters. The molecule has 0 aliphatic carbocycles. The van der Waals surface area contributed by atoms with Crippen LogP contribution in [0.5, 0.6) is 0 Å². The minimum atomic E-state index is 1.01. The Morgan fingerprint density at radius 3 is 1.37 bits per heavy atom. The van der Waals surface area contributed by atoms with Crippen molar-refractivity contribution in [1.29, 1.82) is 0 Å². The van der Waals surface area contributed by atoms with E-state index in [-0.39, 0.29) is 0 Å². The lowest BCUT2D eigenvalue weighted by Crippen LogP contribution is -1.82. The number of rotatable bonds is 0. The summed E-state index contributed by atoms with van der Waals surface area (Å²) in [4.78, 5) is 0. The van der Waals surface area contributed by atoms with Crippen molar-refractivity contribution in [2.45, 2.75) is 13.8 Å². The topological polar surface area (TPSA) is 0 Å². The van der Waals surface area contributed by atoms with E-state index >= 15 is 0 Å². The van der Waals surface area contributed by atoms with Crippen molar-refractivity contribution in [3.8, 4) is 23.5 Å². The molecule has 0 fully saturated rings. The second-order valence-electron chi connectivity index (χ2n) is 4.42. The molecule has 2 aromatic carbocycles. The minimum Gasteiger partial charge on any atom is -0.139 e. The van der Waals surface area contributed by atoms with Gasteiger partial charge >= 0.3 is 7.28 Å². The van der Waals surface area contributed by atoms with Crippen LogP contribution in [-0.4, -0.2) is 7.28 Å². The molecule has 0 unspecified atom stereocenters. The zero-order valence-corrected chi connectivity index (χ0v) is 11.2. The zero-order valence-electron chi connectivity index (χ0n) is 11.2. The van der Waals surface area contributed by atoms with Crippen LogP contribution >= 0.6 is 0 Å². The standard InChI is InChI=1S/C18H14B/c1-15-3-7-17(8-4-15)11-13-19-14-12-18-9-5-16(2)6-10-18/h3-10H,1-2H3. The van der Waals surface area contributed by atoms with E-state index in [0.29, 0.717) is 0 Å². The molecule has 2 aromatic rings. The lowest BCUT2D eigenvalue weighted by Gasteiger charge is -1.91. The first-order valence-corrected chi connectivity index (χ1v) is 6.22. The van der Waals surface area contributed by atoms with Gasteiger partial charge in [0.25, 0.3) is 0 Å². The number of hydrogen-bond donors (Lipinski definition) is 0. The first-order valence-electron chi connectivity index (χ1n) is 6.22. The smallest absolute Gasteiger partial charge is 0.139 e.